The minimum absolute atomic E-state index is 0.0541. The van der Waals surface area contributed by atoms with Gasteiger partial charge >= 0.3 is 0 Å². The first-order valence-electron chi connectivity index (χ1n) is 12.5. The second kappa shape index (κ2) is 12.0. The van der Waals surface area contributed by atoms with Crippen molar-refractivity contribution in [3.63, 3.8) is 0 Å². The number of carbonyl (C=O) groups excluding carboxylic acids is 1. The molecule has 11 heteroatoms. The van der Waals surface area contributed by atoms with Gasteiger partial charge in [0, 0.05) is 55.1 Å². The first kappa shape index (κ1) is 28.9. The lowest BCUT2D eigenvalue weighted by Crippen LogP contribution is -2.49. The van der Waals surface area contributed by atoms with Crippen LogP contribution in [0.2, 0.25) is 0 Å². The molecule has 3 aromatic carbocycles. The summed E-state index contributed by atoms with van der Waals surface area (Å²) in [5.41, 5.74) is 7.40. The number of carbonyl (C=O) groups is 1. The van der Waals surface area contributed by atoms with Crippen LogP contribution in [0.25, 0.3) is 6.08 Å². The van der Waals surface area contributed by atoms with Gasteiger partial charge in [-0.15, -0.1) is 0 Å². The van der Waals surface area contributed by atoms with Gasteiger partial charge in [-0.3, -0.25) is 14.4 Å². The molecule has 3 aromatic rings. The summed E-state index contributed by atoms with van der Waals surface area (Å²) in [5.74, 6) is -3.41. The van der Waals surface area contributed by atoms with Gasteiger partial charge in [0.15, 0.2) is 11.6 Å². The number of para-hydroxylation sites is 1. The summed E-state index contributed by atoms with van der Waals surface area (Å²) in [6.07, 6.45) is 4.86. The molecule has 0 spiro atoms. The third kappa shape index (κ3) is 6.21. The Balaban J connectivity index is 1.39. The highest BCUT2D eigenvalue weighted by Crippen LogP contribution is 2.28. The Morgan fingerprint density at radius 2 is 1.65 bits per heavy atom. The lowest BCUT2D eigenvalue weighted by molar-refractivity contribution is 0.0578. The van der Waals surface area contributed by atoms with Gasteiger partial charge in [0.2, 0.25) is 0 Å². The lowest BCUT2D eigenvalue weighted by Gasteiger charge is -2.38. The molecule has 0 radical (unpaired) electrons. The predicted octanol–water partition coefficient (Wildman–Crippen LogP) is 5.21. The van der Waals surface area contributed by atoms with Crippen molar-refractivity contribution in [2.45, 2.75) is 17.9 Å². The summed E-state index contributed by atoms with van der Waals surface area (Å²) in [4.78, 5) is 16.5. The summed E-state index contributed by atoms with van der Waals surface area (Å²) in [6.45, 7) is 6.80. The first-order chi connectivity index (χ1) is 19.0. The second-order valence-electron chi connectivity index (χ2n) is 9.33. The number of benzene rings is 3. The predicted molar refractivity (Wildman–Crippen MR) is 150 cm³/mol. The zero-order chi connectivity index (χ0) is 29.0. The van der Waals surface area contributed by atoms with Crippen LogP contribution in [0.15, 0.2) is 78.2 Å². The van der Waals surface area contributed by atoms with Gasteiger partial charge < -0.3 is 10.6 Å². The Kier molecular flexibility index (Phi) is 8.65. The SMILES string of the molecule is C=C/C=C\c1cccc(S(=O)(=O)Nc2ccc(C(=O)N3CCN(C(C)c4cc(F)c(F)cc4F)CC3)cc2)c1N. The topological polar surface area (TPSA) is 95.7 Å². The second-order valence-corrected chi connectivity index (χ2v) is 11.0. The molecular weight excluding hydrogens is 541 g/mol. The number of rotatable bonds is 8. The molecule has 1 atom stereocenters. The van der Waals surface area contributed by atoms with E-state index in [1.807, 2.05) is 4.90 Å². The van der Waals surface area contributed by atoms with Crippen molar-refractivity contribution >= 4 is 33.4 Å². The fourth-order valence-electron chi connectivity index (χ4n) is 4.55. The normalized spacial score (nSPS) is 15.2. The number of hydrogen-bond donors (Lipinski definition) is 2. The van der Waals surface area contributed by atoms with Crippen LogP contribution < -0.4 is 10.5 Å². The van der Waals surface area contributed by atoms with Crippen LogP contribution in [0.3, 0.4) is 0 Å². The smallest absolute Gasteiger partial charge is 0.263 e. The number of hydrogen-bond acceptors (Lipinski definition) is 5. The van der Waals surface area contributed by atoms with E-state index in [0.717, 1.165) is 6.07 Å². The molecule has 1 fully saturated rings. The Bertz CT molecular complexity index is 1550. The van der Waals surface area contributed by atoms with Crippen LogP contribution in [-0.4, -0.2) is 50.3 Å². The maximum absolute atomic E-state index is 14.2. The molecule has 1 unspecified atom stereocenters. The quantitative estimate of drug-likeness (QED) is 0.220. The number of allylic oxidation sites excluding steroid dienone is 2. The number of nitrogen functional groups attached to an aromatic ring is 1. The molecule has 40 heavy (non-hydrogen) atoms. The van der Waals surface area contributed by atoms with Gasteiger partial charge in [-0.2, -0.15) is 0 Å². The van der Waals surface area contributed by atoms with Crippen LogP contribution in [0.1, 0.15) is 34.5 Å². The number of anilines is 2. The van der Waals surface area contributed by atoms with E-state index in [1.165, 1.54) is 30.3 Å². The Labute approximate surface area is 231 Å². The number of halogens is 3. The Hall–Kier alpha value is -4.09. The van der Waals surface area contributed by atoms with E-state index in [0.29, 0.717) is 43.4 Å². The van der Waals surface area contributed by atoms with Crippen molar-refractivity contribution in [3.8, 4) is 0 Å². The van der Waals surface area contributed by atoms with Gasteiger partial charge in [-0.25, -0.2) is 21.6 Å². The third-order valence-corrected chi connectivity index (χ3v) is 8.26. The summed E-state index contributed by atoms with van der Waals surface area (Å²) in [5, 5.41) is 0. The molecule has 1 heterocycles. The van der Waals surface area contributed by atoms with Crippen LogP contribution >= 0.6 is 0 Å². The average molecular weight is 571 g/mol. The summed E-state index contributed by atoms with van der Waals surface area (Å²) in [7, 11) is -4.00. The Morgan fingerprint density at radius 1 is 1.00 bits per heavy atom. The molecule has 210 valence electrons. The largest absolute Gasteiger partial charge is 0.397 e. The molecule has 0 saturated carbocycles. The summed E-state index contributed by atoms with van der Waals surface area (Å²) >= 11 is 0. The van der Waals surface area contributed by atoms with Gasteiger partial charge in [0.25, 0.3) is 15.9 Å². The van der Waals surface area contributed by atoms with Gasteiger partial charge in [0.05, 0.1) is 5.69 Å². The van der Waals surface area contributed by atoms with Crippen LogP contribution in [-0.2, 0) is 10.0 Å². The Morgan fingerprint density at radius 3 is 2.30 bits per heavy atom. The molecule has 0 aromatic heterocycles. The highest BCUT2D eigenvalue weighted by Gasteiger charge is 2.27. The molecule has 4 rings (SSSR count). The van der Waals surface area contributed by atoms with Gasteiger partial charge in [0.1, 0.15) is 10.7 Å². The van der Waals surface area contributed by atoms with E-state index in [1.54, 1.807) is 42.2 Å². The van der Waals surface area contributed by atoms with Crippen molar-refractivity contribution in [2.75, 3.05) is 36.6 Å². The highest BCUT2D eigenvalue weighted by atomic mass is 32.2. The van der Waals surface area contributed by atoms with Crippen LogP contribution in [0.4, 0.5) is 24.5 Å². The van der Waals surface area contributed by atoms with E-state index < -0.39 is 33.5 Å². The lowest BCUT2D eigenvalue weighted by atomic mass is 10.0. The fraction of sp³-hybridized carbons (Fsp3) is 0.207. The maximum atomic E-state index is 14.2. The van der Waals surface area contributed by atoms with E-state index in [-0.39, 0.29) is 27.7 Å². The van der Waals surface area contributed by atoms with Gasteiger partial charge in [-0.05, 0) is 48.9 Å². The molecule has 1 aliphatic heterocycles. The highest BCUT2D eigenvalue weighted by molar-refractivity contribution is 7.92. The van der Waals surface area contributed by atoms with Crippen molar-refractivity contribution in [1.82, 2.24) is 9.80 Å². The zero-order valence-electron chi connectivity index (χ0n) is 21.8. The number of sulfonamides is 1. The van der Waals surface area contributed by atoms with Crippen LogP contribution in [0.5, 0.6) is 0 Å². The minimum atomic E-state index is -4.00. The van der Waals surface area contributed by atoms with Crippen molar-refractivity contribution in [3.05, 3.63) is 107 Å². The molecule has 1 saturated heterocycles. The maximum Gasteiger partial charge on any atom is 0.263 e. The number of amides is 1. The van der Waals surface area contributed by atoms with E-state index >= 15 is 0 Å². The number of piperazine rings is 1. The number of nitrogens with zero attached hydrogens (tertiary/aromatic N) is 2. The molecule has 0 bridgehead atoms. The number of nitrogens with two attached hydrogens (primary N) is 1. The average Bonchev–Trinajstić information content (AvgIpc) is 2.94. The summed E-state index contributed by atoms with van der Waals surface area (Å²) in [6, 6.07) is 11.6. The molecular formula is C29H29F3N4O3S. The van der Waals surface area contributed by atoms with Crippen LogP contribution in [0, 0.1) is 17.5 Å². The molecule has 1 aliphatic rings. The van der Waals surface area contributed by atoms with E-state index in [2.05, 4.69) is 11.3 Å². The molecule has 0 aliphatic carbocycles. The van der Waals surface area contributed by atoms with E-state index in [4.69, 9.17) is 5.73 Å². The fourth-order valence-corrected chi connectivity index (χ4v) is 5.77. The van der Waals surface area contributed by atoms with Crippen molar-refractivity contribution in [2.24, 2.45) is 0 Å². The molecule has 3 N–H and O–H groups in total. The van der Waals surface area contributed by atoms with Crippen molar-refractivity contribution < 1.29 is 26.4 Å². The minimum Gasteiger partial charge on any atom is -0.397 e. The van der Waals surface area contributed by atoms with Gasteiger partial charge in [-0.1, -0.05) is 36.9 Å². The van der Waals surface area contributed by atoms with Crippen molar-refractivity contribution in [1.29, 1.82) is 0 Å². The van der Waals surface area contributed by atoms with E-state index in [9.17, 15) is 26.4 Å². The molecule has 1 amide bonds. The monoisotopic (exact) mass is 570 g/mol. The standard InChI is InChI=1S/C29H29F3N4O3S/c1-3-4-6-20-7-5-8-27(28(20)33)40(38,39)34-22-11-9-21(10-12-22)29(37)36-15-13-35(14-16-36)19(2)23-17-25(31)26(32)18-24(23)30/h3-12,17-19,34H,1,13-16,33H2,2H3/b6-4-. The first-order valence-corrected chi connectivity index (χ1v) is 14.0. The third-order valence-electron chi connectivity index (χ3n) is 6.82. The summed E-state index contributed by atoms with van der Waals surface area (Å²) < 4.78 is 69.6. The molecule has 7 nitrogen and oxygen atoms in total. The number of nitrogens with one attached hydrogen (secondary N) is 1. The zero-order valence-corrected chi connectivity index (χ0v) is 22.6.